The molecule has 1 aromatic carbocycles. The number of carbonyl (C=O) groups is 1. The molecular formula is C16H23BrO3. The molecule has 112 valence electrons. The third-order valence-electron chi connectivity index (χ3n) is 3.07. The van der Waals surface area contributed by atoms with Crippen LogP contribution in [0.25, 0.3) is 0 Å². The standard InChI is InChI=1S/C16H23BrO3/c1-15(2,3)10-8-11(16(4,5)6)13(12(17)9-10)20-14(18)19-7/h8-9H,1-7H3. The van der Waals surface area contributed by atoms with E-state index in [1.165, 1.54) is 12.7 Å². The Balaban J connectivity index is 3.47. The first-order valence-electron chi connectivity index (χ1n) is 6.57. The summed E-state index contributed by atoms with van der Waals surface area (Å²) in [6, 6.07) is 4.09. The molecule has 0 N–H and O–H groups in total. The lowest BCUT2D eigenvalue weighted by molar-refractivity contribution is 0.120. The molecule has 0 aliphatic heterocycles. The Kier molecular flexibility index (Phi) is 4.90. The van der Waals surface area contributed by atoms with Crippen molar-refractivity contribution < 1.29 is 14.3 Å². The van der Waals surface area contributed by atoms with E-state index in [9.17, 15) is 4.79 Å². The van der Waals surface area contributed by atoms with Gasteiger partial charge in [0.05, 0.1) is 11.6 Å². The van der Waals surface area contributed by atoms with E-state index in [4.69, 9.17) is 4.74 Å². The summed E-state index contributed by atoms with van der Waals surface area (Å²) in [6.45, 7) is 12.7. The van der Waals surface area contributed by atoms with E-state index >= 15 is 0 Å². The molecule has 20 heavy (non-hydrogen) atoms. The van der Waals surface area contributed by atoms with E-state index in [2.05, 4.69) is 68.3 Å². The van der Waals surface area contributed by atoms with Crippen molar-refractivity contribution >= 4 is 22.1 Å². The van der Waals surface area contributed by atoms with Crippen LogP contribution in [-0.2, 0) is 15.6 Å². The van der Waals surface area contributed by atoms with Crippen LogP contribution >= 0.6 is 15.9 Å². The van der Waals surface area contributed by atoms with Crippen molar-refractivity contribution in [3.8, 4) is 5.75 Å². The molecular weight excluding hydrogens is 320 g/mol. The van der Waals surface area contributed by atoms with Gasteiger partial charge < -0.3 is 9.47 Å². The smallest absolute Gasteiger partial charge is 0.437 e. The summed E-state index contributed by atoms with van der Waals surface area (Å²) in [5.74, 6) is 0.525. The first-order valence-corrected chi connectivity index (χ1v) is 7.36. The average Bonchev–Trinajstić information content (AvgIpc) is 2.28. The Bertz CT molecular complexity index is 508. The Morgan fingerprint density at radius 1 is 1.05 bits per heavy atom. The molecule has 3 nitrogen and oxygen atoms in total. The van der Waals surface area contributed by atoms with E-state index in [0.717, 1.165) is 10.0 Å². The lowest BCUT2D eigenvalue weighted by atomic mass is 9.80. The Labute approximate surface area is 129 Å². The van der Waals surface area contributed by atoms with Crippen molar-refractivity contribution in [2.75, 3.05) is 7.11 Å². The maximum Gasteiger partial charge on any atom is 0.513 e. The maximum atomic E-state index is 11.4. The molecule has 0 heterocycles. The molecule has 0 aromatic heterocycles. The number of ether oxygens (including phenoxy) is 2. The molecule has 0 atom stereocenters. The number of carbonyl (C=O) groups excluding carboxylic acids is 1. The minimum absolute atomic E-state index is 0.0202. The second-order valence-corrected chi connectivity index (χ2v) is 7.75. The predicted molar refractivity (Wildman–Crippen MR) is 84.6 cm³/mol. The third kappa shape index (κ3) is 3.98. The third-order valence-corrected chi connectivity index (χ3v) is 3.66. The minimum atomic E-state index is -0.709. The minimum Gasteiger partial charge on any atom is -0.437 e. The van der Waals surface area contributed by atoms with Crippen molar-refractivity contribution in [1.29, 1.82) is 0 Å². The molecule has 0 aliphatic rings. The molecule has 0 saturated heterocycles. The average molecular weight is 343 g/mol. The number of hydrogen-bond donors (Lipinski definition) is 0. The number of hydrogen-bond acceptors (Lipinski definition) is 3. The monoisotopic (exact) mass is 342 g/mol. The zero-order valence-electron chi connectivity index (χ0n) is 13.3. The van der Waals surface area contributed by atoms with Gasteiger partial charge in [0.25, 0.3) is 0 Å². The van der Waals surface area contributed by atoms with Crippen LogP contribution in [0.3, 0.4) is 0 Å². The first kappa shape index (κ1) is 17.0. The van der Waals surface area contributed by atoms with Crippen LogP contribution in [0.4, 0.5) is 4.79 Å². The Morgan fingerprint density at radius 3 is 2.00 bits per heavy atom. The van der Waals surface area contributed by atoms with Gasteiger partial charge in [-0.2, -0.15) is 0 Å². The summed E-state index contributed by atoms with van der Waals surface area (Å²) in [7, 11) is 1.30. The molecule has 0 spiro atoms. The topological polar surface area (TPSA) is 35.5 Å². The van der Waals surface area contributed by atoms with Crippen molar-refractivity contribution in [2.24, 2.45) is 0 Å². The summed E-state index contributed by atoms with van der Waals surface area (Å²) in [6.07, 6.45) is -0.709. The SMILES string of the molecule is COC(=O)Oc1c(Br)cc(C(C)(C)C)cc1C(C)(C)C. The lowest BCUT2D eigenvalue weighted by Crippen LogP contribution is -2.19. The van der Waals surface area contributed by atoms with Crippen molar-refractivity contribution in [3.05, 3.63) is 27.7 Å². The number of benzene rings is 1. The van der Waals surface area contributed by atoms with Crippen LogP contribution in [0, 0.1) is 0 Å². The van der Waals surface area contributed by atoms with Crippen LogP contribution in [0.15, 0.2) is 16.6 Å². The fourth-order valence-electron chi connectivity index (χ4n) is 1.81. The van der Waals surface area contributed by atoms with E-state index in [1.807, 2.05) is 6.07 Å². The number of methoxy groups -OCH3 is 1. The number of halogens is 1. The zero-order chi connectivity index (χ0) is 15.7. The van der Waals surface area contributed by atoms with Gasteiger partial charge in [0.2, 0.25) is 0 Å². The van der Waals surface area contributed by atoms with Crippen LogP contribution in [0.1, 0.15) is 52.7 Å². The molecule has 0 saturated carbocycles. The van der Waals surface area contributed by atoms with Gasteiger partial charge in [0, 0.05) is 5.56 Å². The molecule has 0 radical (unpaired) electrons. The van der Waals surface area contributed by atoms with Gasteiger partial charge in [-0.1, -0.05) is 47.6 Å². The highest BCUT2D eigenvalue weighted by molar-refractivity contribution is 9.10. The van der Waals surface area contributed by atoms with Crippen LogP contribution < -0.4 is 4.74 Å². The summed E-state index contributed by atoms with van der Waals surface area (Å²) in [4.78, 5) is 11.4. The highest BCUT2D eigenvalue weighted by Crippen LogP contribution is 2.40. The van der Waals surface area contributed by atoms with Gasteiger partial charge in [-0.3, -0.25) is 0 Å². The van der Waals surface area contributed by atoms with Crippen LogP contribution in [0.5, 0.6) is 5.75 Å². The van der Waals surface area contributed by atoms with E-state index in [1.54, 1.807) is 0 Å². The summed E-state index contributed by atoms with van der Waals surface area (Å²) in [5, 5.41) is 0. The quantitative estimate of drug-likeness (QED) is 0.520. The summed E-state index contributed by atoms with van der Waals surface area (Å²) in [5.41, 5.74) is 2.04. The molecule has 1 rings (SSSR count). The molecule has 0 bridgehead atoms. The highest BCUT2D eigenvalue weighted by atomic mass is 79.9. The maximum absolute atomic E-state index is 11.4. The normalized spacial score (nSPS) is 12.2. The van der Waals surface area contributed by atoms with Crippen LogP contribution in [-0.4, -0.2) is 13.3 Å². The molecule has 0 aliphatic carbocycles. The van der Waals surface area contributed by atoms with Crippen LogP contribution in [0.2, 0.25) is 0 Å². The molecule has 0 unspecified atom stereocenters. The zero-order valence-corrected chi connectivity index (χ0v) is 14.8. The van der Waals surface area contributed by atoms with Crippen molar-refractivity contribution in [3.63, 3.8) is 0 Å². The van der Waals surface area contributed by atoms with Gasteiger partial charge >= 0.3 is 6.16 Å². The highest BCUT2D eigenvalue weighted by Gasteiger charge is 2.26. The van der Waals surface area contributed by atoms with Crippen molar-refractivity contribution in [1.82, 2.24) is 0 Å². The second-order valence-electron chi connectivity index (χ2n) is 6.89. The first-order chi connectivity index (χ1) is 8.96. The van der Waals surface area contributed by atoms with E-state index in [0.29, 0.717) is 5.75 Å². The van der Waals surface area contributed by atoms with E-state index in [-0.39, 0.29) is 10.8 Å². The Hall–Kier alpha value is -1.03. The van der Waals surface area contributed by atoms with Gasteiger partial charge in [0.1, 0.15) is 0 Å². The number of rotatable bonds is 1. The largest absolute Gasteiger partial charge is 0.513 e. The summed E-state index contributed by atoms with van der Waals surface area (Å²) < 4.78 is 10.7. The summed E-state index contributed by atoms with van der Waals surface area (Å²) >= 11 is 3.51. The second kappa shape index (κ2) is 5.76. The van der Waals surface area contributed by atoms with Gasteiger partial charge in [-0.05, 0) is 38.4 Å². The van der Waals surface area contributed by atoms with E-state index < -0.39 is 6.16 Å². The Morgan fingerprint density at radius 2 is 1.60 bits per heavy atom. The fraction of sp³-hybridized carbons (Fsp3) is 0.562. The lowest BCUT2D eigenvalue weighted by Gasteiger charge is -2.27. The molecule has 0 amide bonds. The molecule has 1 aromatic rings. The van der Waals surface area contributed by atoms with Gasteiger partial charge in [-0.15, -0.1) is 0 Å². The predicted octanol–water partition coefficient (Wildman–Crippen LogP) is 5.19. The molecule has 0 fully saturated rings. The molecule has 4 heteroatoms. The van der Waals surface area contributed by atoms with Gasteiger partial charge in [0.15, 0.2) is 5.75 Å². The van der Waals surface area contributed by atoms with Gasteiger partial charge in [-0.25, -0.2) is 4.79 Å². The fourth-order valence-corrected chi connectivity index (χ4v) is 2.35. The van der Waals surface area contributed by atoms with Crippen molar-refractivity contribution in [2.45, 2.75) is 52.4 Å².